The van der Waals surface area contributed by atoms with Gasteiger partial charge in [0.1, 0.15) is 12.1 Å². The Morgan fingerprint density at radius 3 is 2.33 bits per heavy atom. The van der Waals surface area contributed by atoms with E-state index in [1.165, 1.54) is 18.7 Å². The maximum absolute atomic E-state index is 11.9. The van der Waals surface area contributed by atoms with Crippen molar-refractivity contribution in [2.24, 2.45) is 11.7 Å². The number of hydrogen-bond acceptors (Lipinski definition) is 3. The highest BCUT2D eigenvalue weighted by Crippen LogP contribution is 2.29. The van der Waals surface area contributed by atoms with Crippen molar-refractivity contribution in [2.75, 3.05) is 13.1 Å². The van der Waals surface area contributed by atoms with Crippen LogP contribution in [-0.4, -0.2) is 46.5 Å². The molecule has 0 radical (unpaired) electrons. The highest BCUT2D eigenvalue weighted by atomic mass is 16.4. The lowest BCUT2D eigenvalue weighted by molar-refractivity contribution is -0.137. The molecule has 1 saturated carbocycles. The largest absolute Gasteiger partial charge is 0.480 e. The SMILES string of the molecule is CC(C)(NC(=O)N(CC(=O)O)CC1CC1)C(N)=O. The predicted molar refractivity (Wildman–Crippen MR) is 63.7 cm³/mol. The molecule has 1 aliphatic carbocycles. The zero-order valence-electron chi connectivity index (χ0n) is 10.6. The van der Waals surface area contributed by atoms with Crippen molar-refractivity contribution in [3.05, 3.63) is 0 Å². The summed E-state index contributed by atoms with van der Waals surface area (Å²) >= 11 is 0. The molecule has 1 aliphatic rings. The van der Waals surface area contributed by atoms with Gasteiger partial charge in [-0.3, -0.25) is 9.59 Å². The number of carboxylic acids is 1. The topological polar surface area (TPSA) is 113 Å². The first kappa shape index (κ1) is 14.3. The van der Waals surface area contributed by atoms with Crippen LogP contribution in [0.15, 0.2) is 0 Å². The van der Waals surface area contributed by atoms with Gasteiger partial charge in [-0.15, -0.1) is 0 Å². The molecular weight excluding hydrogens is 238 g/mol. The van der Waals surface area contributed by atoms with E-state index in [0.717, 1.165) is 12.8 Å². The molecule has 1 fully saturated rings. The Bertz CT molecular complexity index is 363. The number of carbonyl (C=O) groups excluding carboxylic acids is 2. The van der Waals surface area contributed by atoms with Crippen LogP contribution >= 0.6 is 0 Å². The van der Waals surface area contributed by atoms with Crippen LogP contribution in [0.1, 0.15) is 26.7 Å². The van der Waals surface area contributed by atoms with Crippen LogP contribution in [0.2, 0.25) is 0 Å². The minimum Gasteiger partial charge on any atom is -0.480 e. The minimum absolute atomic E-state index is 0.367. The number of primary amides is 1. The second-order valence-corrected chi connectivity index (χ2v) is 5.14. The third kappa shape index (κ3) is 4.23. The summed E-state index contributed by atoms with van der Waals surface area (Å²) in [6, 6.07) is -0.576. The van der Waals surface area contributed by atoms with Gasteiger partial charge >= 0.3 is 12.0 Å². The number of carbonyl (C=O) groups is 3. The molecule has 4 N–H and O–H groups in total. The number of nitrogens with two attached hydrogens (primary N) is 1. The van der Waals surface area contributed by atoms with E-state index in [0.29, 0.717) is 12.5 Å². The fourth-order valence-electron chi connectivity index (χ4n) is 1.40. The average Bonchev–Trinajstić information content (AvgIpc) is 2.98. The molecule has 7 heteroatoms. The van der Waals surface area contributed by atoms with Crippen LogP contribution < -0.4 is 11.1 Å². The van der Waals surface area contributed by atoms with Gasteiger partial charge in [0.2, 0.25) is 5.91 Å². The number of rotatable bonds is 6. The Kier molecular flexibility index (Phi) is 4.15. The second kappa shape index (κ2) is 5.24. The summed E-state index contributed by atoms with van der Waals surface area (Å²) in [7, 11) is 0. The molecule has 3 amide bonds. The normalized spacial score (nSPS) is 15.0. The van der Waals surface area contributed by atoms with Gasteiger partial charge in [-0.1, -0.05) is 0 Å². The van der Waals surface area contributed by atoms with E-state index < -0.39 is 23.4 Å². The summed E-state index contributed by atoms with van der Waals surface area (Å²) in [5.41, 5.74) is 3.95. The molecule has 0 unspecified atom stereocenters. The van der Waals surface area contributed by atoms with E-state index in [2.05, 4.69) is 5.32 Å². The van der Waals surface area contributed by atoms with Gasteiger partial charge in [0.15, 0.2) is 0 Å². The minimum atomic E-state index is -1.20. The Hall–Kier alpha value is -1.79. The molecule has 0 aliphatic heterocycles. The van der Waals surface area contributed by atoms with Gasteiger partial charge in [0.25, 0.3) is 0 Å². The van der Waals surface area contributed by atoms with Crippen molar-refractivity contribution >= 4 is 17.9 Å². The summed E-state index contributed by atoms with van der Waals surface area (Å²) in [6.07, 6.45) is 2.01. The van der Waals surface area contributed by atoms with Crippen molar-refractivity contribution in [1.29, 1.82) is 0 Å². The van der Waals surface area contributed by atoms with Gasteiger partial charge in [0, 0.05) is 6.54 Å². The molecule has 0 heterocycles. The molecule has 18 heavy (non-hydrogen) atoms. The predicted octanol–water partition coefficient (Wildman–Crippen LogP) is -0.243. The maximum atomic E-state index is 11.9. The number of carboxylic acid groups (broad SMARTS) is 1. The average molecular weight is 257 g/mol. The Balaban J connectivity index is 2.62. The van der Waals surface area contributed by atoms with Crippen LogP contribution in [0.3, 0.4) is 0 Å². The Morgan fingerprint density at radius 1 is 1.39 bits per heavy atom. The van der Waals surface area contributed by atoms with Gasteiger partial charge < -0.3 is 21.1 Å². The van der Waals surface area contributed by atoms with Crippen LogP contribution in [0.5, 0.6) is 0 Å². The van der Waals surface area contributed by atoms with Crippen molar-refractivity contribution < 1.29 is 19.5 Å². The first-order chi connectivity index (χ1) is 8.22. The Labute approximate surface area is 105 Å². The van der Waals surface area contributed by atoms with E-state index in [9.17, 15) is 14.4 Å². The molecule has 1 rings (SSSR count). The molecule has 0 spiro atoms. The van der Waals surface area contributed by atoms with Gasteiger partial charge in [-0.25, -0.2) is 4.79 Å². The summed E-state index contributed by atoms with van der Waals surface area (Å²) < 4.78 is 0. The van der Waals surface area contributed by atoms with Crippen molar-refractivity contribution in [3.8, 4) is 0 Å². The molecule has 0 atom stereocenters. The lowest BCUT2D eigenvalue weighted by atomic mass is 10.1. The fraction of sp³-hybridized carbons (Fsp3) is 0.727. The number of nitrogens with one attached hydrogen (secondary N) is 1. The van der Waals surface area contributed by atoms with Crippen molar-refractivity contribution in [3.63, 3.8) is 0 Å². The third-order valence-corrected chi connectivity index (χ3v) is 2.82. The number of amides is 3. The summed E-state index contributed by atoms with van der Waals surface area (Å²) in [5, 5.41) is 11.2. The number of aliphatic carboxylic acids is 1. The standard InChI is InChI=1S/C11H19N3O4/c1-11(2,9(12)17)13-10(18)14(6-8(15)16)5-7-3-4-7/h7H,3-6H2,1-2H3,(H2,12,17)(H,13,18)(H,15,16). The van der Waals surface area contributed by atoms with Gasteiger partial charge in [0.05, 0.1) is 0 Å². The highest BCUT2D eigenvalue weighted by Gasteiger charge is 2.32. The van der Waals surface area contributed by atoms with E-state index in [1.807, 2.05) is 0 Å². The summed E-state index contributed by atoms with van der Waals surface area (Å²) in [4.78, 5) is 34.9. The number of urea groups is 1. The second-order valence-electron chi connectivity index (χ2n) is 5.14. The molecule has 0 aromatic heterocycles. The van der Waals surface area contributed by atoms with Crippen molar-refractivity contribution in [1.82, 2.24) is 10.2 Å². The third-order valence-electron chi connectivity index (χ3n) is 2.82. The molecule has 0 bridgehead atoms. The van der Waals surface area contributed by atoms with E-state index in [1.54, 1.807) is 0 Å². The van der Waals surface area contributed by atoms with E-state index >= 15 is 0 Å². The summed E-state index contributed by atoms with van der Waals surface area (Å²) in [5.74, 6) is -1.38. The van der Waals surface area contributed by atoms with Crippen LogP contribution in [0.25, 0.3) is 0 Å². The molecule has 0 aromatic carbocycles. The number of nitrogens with zero attached hydrogens (tertiary/aromatic N) is 1. The van der Waals surface area contributed by atoms with Crippen LogP contribution in [-0.2, 0) is 9.59 Å². The quantitative estimate of drug-likeness (QED) is 0.609. The highest BCUT2D eigenvalue weighted by molar-refractivity contribution is 5.89. The number of hydrogen-bond donors (Lipinski definition) is 3. The maximum Gasteiger partial charge on any atom is 0.323 e. The van der Waals surface area contributed by atoms with E-state index in [4.69, 9.17) is 10.8 Å². The molecule has 7 nitrogen and oxygen atoms in total. The lowest BCUT2D eigenvalue weighted by Gasteiger charge is -2.28. The monoisotopic (exact) mass is 257 g/mol. The van der Waals surface area contributed by atoms with Gasteiger partial charge in [-0.05, 0) is 32.6 Å². The lowest BCUT2D eigenvalue weighted by Crippen LogP contribution is -2.57. The first-order valence-electron chi connectivity index (χ1n) is 5.81. The zero-order valence-corrected chi connectivity index (χ0v) is 10.6. The summed E-state index contributed by atoms with van der Waals surface area (Å²) in [6.45, 7) is 2.97. The smallest absolute Gasteiger partial charge is 0.323 e. The molecular formula is C11H19N3O4. The fourth-order valence-corrected chi connectivity index (χ4v) is 1.40. The first-order valence-corrected chi connectivity index (χ1v) is 5.81. The molecule has 0 aromatic rings. The van der Waals surface area contributed by atoms with E-state index in [-0.39, 0.29) is 6.54 Å². The van der Waals surface area contributed by atoms with Crippen LogP contribution in [0.4, 0.5) is 4.79 Å². The molecule has 102 valence electrons. The molecule has 0 saturated heterocycles. The zero-order chi connectivity index (χ0) is 13.9. The van der Waals surface area contributed by atoms with Crippen molar-refractivity contribution in [2.45, 2.75) is 32.2 Å². The van der Waals surface area contributed by atoms with Gasteiger partial charge in [-0.2, -0.15) is 0 Å². The van der Waals surface area contributed by atoms with Crippen LogP contribution in [0, 0.1) is 5.92 Å². The Morgan fingerprint density at radius 2 is 1.94 bits per heavy atom.